The molecule has 3 aliphatic heterocycles. The second-order valence-electron chi connectivity index (χ2n) is 10.5. The average Bonchev–Trinajstić information content (AvgIpc) is 3.55. The largest absolute Gasteiger partial charge is 0.493 e. The van der Waals surface area contributed by atoms with Crippen molar-refractivity contribution in [3.63, 3.8) is 0 Å². The van der Waals surface area contributed by atoms with E-state index in [-0.39, 0.29) is 11.8 Å². The molecule has 2 N–H and O–H groups in total. The van der Waals surface area contributed by atoms with Gasteiger partial charge in [-0.15, -0.1) is 0 Å². The number of piperazine rings is 1. The summed E-state index contributed by atoms with van der Waals surface area (Å²) in [7, 11) is 3.88. The molecule has 1 fully saturated rings. The van der Waals surface area contributed by atoms with Crippen LogP contribution in [-0.2, 0) is 16.0 Å². The number of carbonyl (C=O) groups is 2. The number of nitrogens with one attached hydrogen (secondary N) is 2. The Morgan fingerprint density at radius 2 is 1.82 bits per heavy atom. The minimum atomic E-state index is -0.414. The number of hydrogen-bond donors (Lipinski definition) is 2. The summed E-state index contributed by atoms with van der Waals surface area (Å²) in [5.74, 6) is 0.113. The molecule has 0 saturated carbocycles. The van der Waals surface area contributed by atoms with E-state index in [2.05, 4.69) is 27.5 Å². The molecule has 0 aliphatic carbocycles. The first-order valence-corrected chi connectivity index (χ1v) is 13.5. The van der Waals surface area contributed by atoms with Gasteiger partial charge in [0.2, 0.25) is 5.91 Å². The Balaban J connectivity index is 1.28. The lowest BCUT2D eigenvalue weighted by molar-refractivity contribution is -0.119. The number of rotatable bonds is 6. The first-order valence-electron chi connectivity index (χ1n) is 13.5. The van der Waals surface area contributed by atoms with Crippen molar-refractivity contribution < 1.29 is 18.7 Å². The van der Waals surface area contributed by atoms with Gasteiger partial charge in [0, 0.05) is 62.1 Å². The normalized spacial score (nSPS) is 18.0. The van der Waals surface area contributed by atoms with Gasteiger partial charge in [0.15, 0.2) is 0 Å². The molecule has 0 aromatic heterocycles. The maximum atomic E-state index is 13.9. The minimum Gasteiger partial charge on any atom is -0.493 e. The number of likely N-dealkylation sites (N-methyl/N-ethyl adjacent to an activating group) is 2. The summed E-state index contributed by atoms with van der Waals surface area (Å²) in [6.07, 6.45) is 0.847. The maximum absolute atomic E-state index is 13.9. The smallest absolute Gasteiger partial charge is 0.258 e. The Morgan fingerprint density at radius 3 is 2.60 bits per heavy atom. The highest BCUT2D eigenvalue weighted by Gasteiger charge is 2.29. The Kier molecular flexibility index (Phi) is 7.00. The first kappa shape index (κ1) is 26.0. The lowest BCUT2D eigenvalue weighted by Crippen LogP contribution is -2.48. The fourth-order valence-electron chi connectivity index (χ4n) is 5.35. The van der Waals surface area contributed by atoms with Gasteiger partial charge >= 0.3 is 0 Å². The molecular formula is C31H32FN5O3. The zero-order valence-corrected chi connectivity index (χ0v) is 22.7. The standard InChI is InChI=1S/C31H32FN5O3/c1-35-12-14-37(15-13-35)19-28(38)36(2)24-8-6-23(7-9-24)33-30(21-4-3-20-11-16-40-27(20)17-21)29-25-10-5-22(32)18-26(25)34-31(29)39/h3-10,17-18,33H,11-16,19H2,1-2H3,(H,34,39). The quantitative estimate of drug-likeness (QED) is 0.461. The number of fused-ring (bicyclic) bond motifs is 2. The van der Waals surface area contributed by atoms with Gasteiger partial charge in [0.25, 0.3) is 5.91 Å². The average molecular weight is 542 g/mol. The van der Waals surface area contributed by atoms with Crippen LogP contribution in [0.4, 0.5) is 21.5 Å². The summed E-state index contributed by atoms with van der Waals surface area (Å²) >= 11 is 0. The second-order valence-corrected chi connectivity index (χ2v) is 10.5. The van der Waals surface area contributed by atoms with Gasteiger partial charge in [0.05, 0.1) is 30.1 Å². The van der Waals surface area contributed by atoms with Gasteiger partial charge in [-0.25, -0.2) is 4.39 Å². The van der Waals surface area contributed by atoms with Gasteiger partial charge in [0.1, 0.15) is 11.6 Å². The molecule has 3 aromatic rings. The fourth-order valence-corrected chi connectivity index (χ4v) is 5.35. The second kappa shape index (κ2) is 10.7. The van der Waals surface area contributed by atoms with E-state index in [1.165, 1.54) is 12.1 Å². The highest BCUT2D eigenvalue weighted by atomic mass is 19.1. The van der Waals surface area contributed by atoms with Crippen LogP contribution in [0.25, 0.3) is 11.3 Å². The molecule has 0 unspecified atom stereocenters. The Bertz CT molecular complexity index is 1500. The zero-order chi connectivity index (χ0) is 27.8. The molecule has 2 amide bonds. The molecule has 0 radical (unpaired) electrons. The summed E-state index contributed by atoms with van der Waals surface area (Å²) in [4.78, 5) is 32.2. The van der Waals surface area contributed by atoms with Gasteiger partial charge in [-0.05, 0) is 61.1 Å². The van der Waals surface area contributed by atoms with Gasteiger partial charge in [-0.1, -0.05) is 12.1 Å². The predicted octanol–water partition coefficient (Wildman–Crippen LogP) is 3.90. The van der Waals surface area contributed by atoms with Crippen LogP contribution >= 0.6 is 0 Å². The van der Waals surface area contributed by atoms with E-state index in [0.29, 0.717) is 35.7 Å². The molecule has 3 heterocycles. The summed E-state index contributed by atoms with van der Waals surface area (Å²) in [6, 6.07) is 17.8. The number of benzene rings is 3. The van der Waals surface area contributed by atoms with Crippen LogP contribution < -0.4 is 20.3 Å². The van der Waals surface area contributed by atoms with Crippen LogP contribution in [0, 0.1) is 5.82 Å². The van der Waals surface area contributed by atoms with Gasteiger partial charge in [-0.2, -0.15) is 0 Å². The molecule has 0 bridgehead atoms. The van der Waals surface area contributed by atoms with E-state index >= 15 is 0 Å². The van der Waals surface area contributed by atoms with Crippen LogP contribution in [0.1, 0.15) is 16.7 Å². The van der Waals surface area contributed by atoms with Crippen LogP contribution in [0.15, 0.2) is 60.7 Å². The van der Waals surface area contributed by atoms with Gasteiger partial charge < -0.3 is 25.2 Å². The minimum absolute atomic E-state index is 0.0395. The Labute approximate surface area is 233 Å². The predicted molar refractivity (Wildman–Crippen MR) is 155 cm³/mol. The van der Waals surface area contributed by atoms with Crippen molar-refractivity contribution in [1.82, 2.24) is 9.80 Å². The summed E-state index contributed by atoms with van der Waals surface area (Å²) in [6.45, 7) is 4.70. The number of halogens is 1. The molecule has 206 valence electrons. The number of ether oxygens (including phenoxy) is 1. The van der Waals surface area contributed by atoms with E-state index in [0.717, 1.165) is 60.9 Å². The van der Waals surface area contributed by atoms with Crippen LogP contribution in [0.3, 0.4) is 0 Å². The number of hydrogen-bond acceptors (Lipinski definition) is 6. The fraction of sp³-hybridized carbons (Fsp3) is 0.290. The molecule has 9 heteroatoms. The molecule has 0 atom stereocenters. The molecule has 6 rings (SSSR count). The SMILES string of the molecule is CN1CCN(CC(=O)N(C)c2ccc(NC(=C3C(=O)Nc4cc(F)ccc43)c3ccc4c(c3)OCC4)cc2)CC1. The van der Waals surface area contributed by atoms with Crippen molar-refractivity contribution in [3.8, 4) is 5.75 Å². The highest BCUT2D eigenvalue weighted by Crippen LogP contribution is 2.39. The van der Waals surface area contributed by atoms with Crippen LogP contribution in [0.2, 0.25) is 0 Å². The molecular weight excluding hydrogens is 509 g/mol. The third-order valence-electron chi connectivity index (χ3n) is 7.81. The molecule has 8 nitrogen and oxygen atoms in total. The number of carbonyl (C=O) groups excluding carboxylic acids is 2. The lowest BCUT2D eigenvalue weighted by atomic mass is 9.98. The van der Waals surface area contributed by atoms with Gasteiger partial charge in [-0.3, -0.25) is 14.5 Å². The lowest BCUT2D eigenvalue weighted by Gasteiger charge is -2.32. The molecule has 40 heavy (non-hydrogen) atoms. The molecule has 3 aromatic carbocycles. The monoisotopic (exact) mass is 541 g/mol. The van der Waals surface area contributed by atoms with Crippen molar-refractivity contribution in [2.45, 2.75) is 6.42 Å². The van der Waals surface area contributed by atoms with Crippen molar-refractivity contribution in [3.05, 3.63) is 83.2 Å². The number of amides is 2. The zero-order valence-electron chi connectivity index (χ0n) is 22.7. The number of anilines is 3. The molecule has 1 saturated heterocycles. The van der Waals surface area contributed by atoms with Crippen molar-refractivity contribution in [2.75, 3.05) is 69.0 Å². The third-order valence-corrected chi connectivity index (χ3v) is 7.81. The number of nitrogens with zero attached hydrogens (tertiary/aromatic N) is 3. The Morgan fingerprint density at radius 1 is 1.05 bits per heavy atom. The third kappa shape index (κ3) is 5.17. The highest BCUT2D eigenvalue weighted by molar-refractivity contribution is 6.37. The van der Waals surface area contributed by atoms with Crippen LogP contribution in [0.5, 0.6) is 5.75 Å². The summed E-state index contributed by atoms with van der Waals surface area (Å²) < 4.78 is 19.7. The van der Waals surface area contributed by atoms with E-state index in [1.54, 1.807) is 18.0 Å². The van der Waals surface area contributed by atoms with E-state index < -0.39 is 5.82 Å². The van der Waals surface area contributed by atoms with E-state index in [4.69, 9.17) is 4.74 Å². The van der Waals surface area contributed by atoms with Crippen LogP contribution in [-0.4, -0.2) is 75.0 Å². The Hall–Kier alpha value is -4.21. The summed E-state index contributed by atoms with van der Waals surface area (Å²) in [5.41, 5.74) is 5.52. The molecule has 3 aliphatic rings. The van der Waals surface area contributed by atoms with Crippen molar-refractivity contribution >= 4 is 40.1 Å². The van der Waals surface area contributed by atoms with E-state index in [1.807, 2.05) is 42.5 Å². The topological polar surface area (TPSA) is 77.2 Å². The molecule has 0 spiro atoms. The van der Waals surface area contributed by atoms with Crippen molar-refractivity contribution in [1.29, 1.82) is 0 Å². The van der Waals surface area contributed by atoms with Crippen molar-refractivity contribution in [2.24, 2.45) is 0 Å². The first-order chi connectivity index (χ1) is 19.4. The maximum Gasteiger partial charge on any atom is 0.258 e. The van der Waals surface area contributed by atoms with E-state index in [9.17, 15) is 14.0 Å². The summed E-state index contributed by atoms with van der Waals surface area (Å²) in [5, 5.41) is 6.22.